The Kier molecular flexibility index (Phi) is 5.39. The van der Waals surface area contributed by atoms with Gasteiger partial charge in [0, 0.05) is 0 Å². The van der Waals surface area contributed by atoms with Crippen molar-refractivity contribution in [2.45, 2.75) is 0 Å². The molecule has 3 N–H and O–H groups in total. The molecule has 0 heterocycles. The van der Waals surface area contributed by atoms with E-state index in [9.17, 15) is 14.4 Å². The van der Waals surface area contributed by atoms with Gasteiger partial charge in [0.15, 0.2) is 0 Å². The number of aromatic carboxylic acids is 1. The number of carboxylic acids is 1. The average molecular weight is 349 g/mol. The minimum absolute atomic E-state index is 0.0384. The number of carbonyl (C=O) groups excluding carboxylic acids is 2. The van der Waals surface area contributed by atoms with E-state index < -0.39 is 17.9 Å². The number of carboxylic acid groups (broad SMARTS) is 1. The summed E-state index contributed by atoms with van der Waals surface area (Å²) in [4.78, 5) is 35.0. The van der Waals surface area contributed by atoms with Crippen LogP contribution in [-0.2, 0) is 0 Å². The van der Waals surface area contributed by atoms with Crippen LogP contribution in [0.2, 0.25) is 5.02 Å². The van der Waals surface area contributed by atoms with E-state index in [1.807, 2.05) is 0 Å². The molecule has 124 valence electrons. The van der Waals surface area contributed by atoms with Crippen LogP contribution in [0, 0.1) is 0 Å². The average Bonchev–Trinajstić information content (AvgIpc) is 2.54. The minimum atomic E-state index is -1.16. The first-order chi connectivity index (χ1) is 11.4. The Hall–Kier alpha value is -3.06. The topological polar surface area (TPSA) is 105 Å². The summed E-state index contributed by atoms with van der Waals surface area (Å²) in [6.45, 7) is 0. The number of methoxy groups -OCH3 is 1. The first-order valence-electron chi connectivity index (χ1n) is 6.70. The molecule has 0 unspecified atom stereocenters. The number of imide groups is 1. The molecule has 0 aliphatic rings. The van der Waals surface area contributed by atoms with Gasteiger partial charge in [0.05, 0.1) is 28.9 Å². The molecule has 0 saturated carbocycles. The van der Waals surface area contributed by atoms with E-state index in [2.05, 4.69) is 10.6 Å². The lowest BCUT2D eigenvalue weighted by Gasteiger charge is -2.11. The Morgan fingerprint density at radius 2 is 1.83 bits per heavy atom. The predicted octanol–water partition coefficient (Wildman–Crippen LogP) is 3.01. The van der Waals surface area contributed by atoms with E-state index in [4.69, 9.17) is 21.4 Å². The number of nitrogens with one attached hydrogen (secondary N) is 2. The molecule has 0 fully saturated rings. The summed E-state index contributed by atoms with van der Waals surface area (Å²) in [5, 5.41) is 13.7. The first-order valence-corrected chi connectivity index (χ1v) is 7.08. The number of halogens is 1. The van der Waals surface area contributed by atoms with Gasteiger partial charge < -0.3 is 15.2 Å². The van der Waals surface area contributed by atoms with Gasteiger partial charge in [0.2, 0.25) is 0 Å². The second kappa shape index (κ2) is 7.47. The summed E-state index contributed by atoms with van der Waals surface area (Å²) in [6.07, 6.45) is 0. The molecule has 0 aliphatic carbocycles. The highest BCUT2D eigenvalue weighted by molar-refractivity contribution is 6.34. The van der Waals surface area contributed by atoms with Gasteiger partial charge in [0.1, 0.15) is 5.75 Å². The lowest BCUT2D eigenvalue weighted by atomic mass is 10.2. The van der Waals surface area contributed by atoms with Gasteiger partial charge in [-0.15, -0.1) is 0 Å². The molecule has 0 spiro atoms. The molecular formula is C16H13ClN2O5. The largest absolute Gasteiger partial charge is 0.495 e. The number of urea groups is 1. The van der Waals surface area contributed by atoms with Crippen LogP contribution in [0.15, 0.2) is 42.5 Å². The van der Waals surface area contributed by atoms with Crippen molar-refractivity contribution < 1.29 is 24.2 Å². The number of ether oxygens (including phenoxy) is 1. The van der Waals surface area contributed by atoms with Crippen molar-refractivity contribution in [1.29, 1.82) is 0 Å². The van der Waals surface area contributed by atoms with E-state index in [1.54, 1.807) is 12.1 Å². The maximum absolute atomic E-state index is 12.0. The van der Waals surface area contributed by atoms with Crippen molar-refractivity contribution in [3.63, 3.8) is 0 Å². The van der Waals surface area contributed by atoms with Gasteiger partial charge in [-0.2, -0.15) is 0 Å². The summed E-state index contributed by atoms with van der Waals surface area (Å²) in [7, 11) is 1.37. The quantitative estimate of drug-likeness (QED) is 0.787. The summed E-state index contributed by atoms with van der Waals surface area (Å²) in [5.74, 6) is -1.60. The van der Waals surface area contributed by atoms with Crippen LogP contribution in [-0.4, -0.2) is 30.1 Å². The molecule has 0 saturated heterocycles. The molecule has 0 radical (unpaired) electrons. The number of amides is 3. The summed E-state index contributed by atoms with van der Waals surface area (Å²) >= 11 is 5.89. The SMILES string of the molecule is COc1ccc(C(=O)O)cc1NC(=O)NC(=O)c1ccccc1Cl. The molecule has 0 aliphatic heterocycles. The molecule has 2 aromatic carbocycles. The highest BCUT2D eigenvalue weighted by atomic mass is 35.5. The molecule has 8 heteroatoms. The second-order valence-electron chi connectivity index (χ2n) is 4.61. The third-order valence-corrected chi connectivity index (χ3v) is 3.37. The normalized spacial score (nSPS) is 9.92. The highest BCUT2D eigenvalue weighted by Gasteiger charge is 2.15. The van der Waals surface area contributed by atoms with Crippen molar-refractivity contribution >= 4 is 35.2 Å². The van der Waals surface area contributed by atoms with E-state index >= 15 is 0 Å². The molecule has 0 atom stereocenters. The molecule has 7 nitrogen and oxygen atoms in total. The molecule has 0 bridgehead atoms. The lowest BCUT2D eigenvalue weighted by molar-refractivity contribution is 0.0696. The standard InChI is InChI=1S/C16H13ClN2O5/c1-24-13-7-6-9(15(21)22)8-12(13)18-16(23)19-14(20)10-4-2-3-5-11(10)17/h2-8H,1H3,(H,21,22)(H2,18,19,20,23). The number of anilines is 1. The maximum Gasteiger partial charge on any atom is 0.335 e. The maximum atomic E-state index is 12.0. The van der Waals surface area contributed by atoms with Gasteiger partial charge in [-0.1, -0.05) is 23.7 Å². The van der Waals surface area contributed by atoms with Gasteiger partial charge >= 0.3 is 12.0 Å². The highest BCUT2D eigenvalue weighted by Crippen LogP contribution is 2.25. The zero-order valence-electron chi connectivity index (χ0n) is 12.5. The number of hydrogen-bond donors (Lipinski definition) is 3. The Morgan fingerprint density at radius 1 is 1.12 bits per heavy atom. The van der Waals surface area contributed by atoms with Crippen molar-refractivity contribution in [3.8, 4) is 5.75 Å². The fourth-order valence-electron chi connectivity index (χ4n) is 1.91. The third kappa shape index (κ3) is 4.02. The Morgan fingerprint density at radius 3 is 2.46 bits per heavy atom. The third-order valence-electron chi connectivity index (χ3n) is 3.04. The van der Waals surface area contributed by atoms with Crippen LogP contribution in [0.25, 0.3) is 0 Å². The van der Waals surface area contributed by atoms with Crippen LogP contribution in [0.1, 0.15) is 20.7 Å². The Balaban J connectivity index is 2.15. The zero-order chi connectivity index (χ0) is 17.7. The number of rotatable bonds is 4. The minimum Gasteiger partial charge on any atom is -0.495 e. The van der Waals surface area contributed by atoms with Crippen LogP contribution in [0.4, 0.5) is 10.5 Å². The van der Waals surface area contributed by atoms with Crippen LogP contribution < -0.4 is 15.4 Å². The fourth-order valence-corrected chi connectivity index (χ4v) is 2.13. The van der Waals surface area contributed by atoms with Crippen molar-refractivity contribution in [2.24, 2.45) is 0 Å². The number of carbonyl (C=O) groups is 3. The molecule has 2 rings (SSSR count). The van der Waals surface area contributed by atoms with Gasteiger partial charge in [-0.05, 0) is 30.3 Å². The van der Waals surface area contributed by atoms with Gasteiger partial charge in [-0.25, -0.2) is 9.59 Å². The van der Waals surface area contributed by atoms with E-state index in [0.717, 1.165) is 0 Å². The van der Waals surface area contributed by atoms with Crippen LogP contribution in [0.5, 0.6) is 5.75 Å². The first kappa shape index (κ1) is 17.3. The predicted molar refractivity (Wildman–Crippen MR) is 87.9 cm³/mol. The summed E-state index contributed by atoms with van der Waals surface area (Å²) < 4.78 is 5.05. The van der Waals surface area contributed by atoms with Gasteiger partial charge in [-0.3, -0.25) is 10.1 Å². The van der Waals surface area contributed by atoms with Crippen LogP contribution >= 0.6 is 11.6 Å². The van der Waals surface area contributed by atoms with Crippen molar-refractivity contribution in [1.82, 2.24) is 5.32 Å². The second-order valence-corrected chi connectivity index (χ2v) is 5.02. The summed E-state index contributed by atoms with van der Waals surface area (Å²) in [5.41, 5.74) is 0.214. The molecule has 0 aromatic heterocycles. The lowest BCUT2D eigenvalue weighted by Crippen LogP contribution is -2.34. The fraction of sp³-hybridized carbons (Fsp3) is 0.0625. The molecule has 2 aromatic rings. The van der Waals surface area contributed by atoms with E-state index in [0.29, 0.717) is 0 Å². The van der Waals surface area contributed by atoms with E-state index in [1.165, 1.54) is 37.4 Å². The smallest absolute Gasteiger partial charge is 0.335 e. The monoisotopic (exact) mass is 348 g/mol. The molecule has 3 amide bonds. The number of hydrogen-bond acceptors (Lipinski definition) is 4. The number of benzene rings is 2. The van der Waals surface area contributed by atoms with Crippen LogP contribution in [0.3, 0.4) is 0 Å². The van der Waals surface area contributed by atoms with Crippen molar-refractivity contribution in [3.05, 3.63) is 58.6 Å². The van der Waals surface area contributed by atoms with E-state index in [-0.39, 0.29) is 27.6 Å². The summed E-state index contributed by atoms with van der Waals surface area (Å²) in [6, 6.07) is 9.36. The van der Waals surface area contributed by atoms with Crippen molar-refractivity contribution in [2.75, 3.05) is 12.4 Å². The Bertz CT molecular complexity index is 807. The molecular weight excluding hydrogens is 336 g/mol. The molecule has 24 heavy (non-hydrogen) atoms. The van der Waals surface area contributed by atoms with Gasteiger partial charge in [0.25, 0.3) is 5.91 Å². The zero-order valence-corrected chi connectivity index (χ0v) is 13.3. The Labute approximate surface area is 142 Å².